The number of aliphatic hydroxyl groups excluding tert-OH is 1. The first kappa shape index (κ1) is 33.1. The molecule has 4 rings (SSSR count). The van der Waals surface area contributed by atoms with E-state index in [-0.39, 0.29) is 48.3 Å². The fourth-order valence-corrected chi connectivity index (χ4v) is 4.80. The van der Waals surface area contributed by atoms with Gasteiger partial charge in [-0.3, -0.25) is 4.79 Å². The lowest BCUT2D eigenvalue weighted by molar-refractivity contribution is -0.137. The summed E-state index contributed by atoms with van der Waals surface area (Å²) in [6, 6.07) is 6.70. The van der Waals surface area contributed by atoms with Gasteiger partial charge in [-0.15, -0.1) is 0 Å². The third-order valence-electron chi connectivity index (χ3n) is 7.48. The van der Waals surface area contributed by atoms with E-state index < -0.39 is 41.9 Å². The number of amides is 5. The SMILES string of the molecule is Cc1noc(C)c1NC(=O)N(C)C[C@H]1Oc2c(NC(=O)Nc3ccc(C(F)(F)F)cc3)cccc2C(=O)N([C@@H](C)CO)C[C@H]1C. The summed E-state index contributed by atoms with van der Waals surface area (Å²) in [7, 11) is 1.57. The summed E-state index contributed by atoms with van der Waals surface area (Å²) in [5.41, 5.74) is 0.430. The van der Waals surface area contributed by atoms with Gasteiger partial charge in [-0.25, -0.2) is 9.59 Å². The van der Waals surface area contributed by atoms with E-state index >= 15 is 0 Å². The van der Waals surface area contributed by atoms with Crippen molar-refractivity contribution in [2.45, 2.75) is 46.0 Å². The number of ether oxygens (including phenoxy) is 1. The molecule has 5 amide bonds. The van der Waals surface area contributed by atoms with Crippen molar-refractivity contribution in [3.8, 4) is 5.75 Å². The number of nitrogens with zero attached hydrogens (tertiary/aromatic N) is 3. The number of carbonyl (C=O) groups is 3. The second-order valence-corrected chi connectivity index (χ2v) is 11.0. The minimum absolute atomic E-state index is 0.0382. The summed E-state index contributed by atoms with van der Waals surface area (Å²) in [5, 5.41) is 21.6. The number of anilines is 3. The molecule has 0 fully saturated rings. The maximum atomic E-state index is 13.7. The molecule has 0 bridgehead atoms. The highest BCUT2D eigenvalue weighted by Crippen LogP contribution is 2.35. The van der Waals surface area contributed by atoms with Crippen LogP contribution in [0.5, 0.6) is 5.75 Å². The number of aromatic nitrogens is 1. The molecule has 0 spiro atoms. The molecule has 2 aromatic carbocycles. The normalized spacial score (nSPS) is 17.4. The summed E-state index contributed by atoms with van der Waals surface area (Å²) < 4.78 is 50.3. The molecule has 0 unspecified atom stereocenters. The van der Waals surface area contributed by atoms with Crippen LogP contribution >= 0.6 is 0 Å². The number of urea groups is 2. The number of aliphatic hydroxyl groups is 1. The Labute approximate surface area is 257 Å². The van der Waals surface area contributed by atoms with Crippen LogP contribution in [-0.2, 0) is 6.18 Å². The number of nitrogens with one attached hydrogen (secondary N) is 3. The Bertz CT molecular complexity index is 1520. The van der Waals surface area contributed by atoms with Crippen LogP contribution in [0.4, 0.5) is 39.8 Å². The number of alkyl halides is 3. The van der Waals surface area contributed by atoms with Gasteiger partial charge in [0.25, 0.3) is 5.91 Å². The quantitative estimate of drug-likeness (QED) is 0.275. The molecule has 15 heteroatoms. The minimum atomic E-state index is -4.52. The molecule has 0 saturated carbocycles. The number of aryl methyl sites for hydroxylation is 2. The predicted octanol–water partition coefficient (Wildman–Crippen LogP) is 5.34. The van der Waals surface area contributed by atoms with Crippen molar-refractivity contribution in [2.75, 3.05) is 42.7 Å². The molecule has 45 heavy (non-hydrogen) atoms. The molecule has 0 radical (unpaired) electrons. The van der Waals surface area contributed by atoms with Gasteiger partial charge in [0.1, 0.15) is 17.5 Å². The first-order chi connectivity index (χ1) is 21.2. The van der Waals surface area contributed by atoms with E-state index in [1.54, 1.807) is 33.9 Å². The lowest BCUT2D eigenvalue weighted by Gasteiger charge is -2.38. The summed E-state index contributed by atoms with van der Waals surface area (Å²) in [6.07, 6.45) is -5.21. The number of fused-ring (bicyclic) bond motifs is 1. The first-order valence-corrected chi connectivity index (χ1v) is 14.1. The van der Waals surface area contributed by atoms with E-state index in [1.807, 2.05) is 6.92 Å². The van der Waals surface area contributed by atoms with Crippen LogP contribution < -0.4 is 20.7 Å². The van der Waals surface area contributed by atoms with Gasteiger partial charge < -0.3 is 40.1 Å². The van der Waals surface area contributed by atoms with Crippen LogP contribution in [0, 0.1) is 19.8 Å². The van der Waals surface area contributed by atoms with Crippen molar-refractivity contribution in [3.63, 3.8) is 0 Å². The van der Waals surface area contributed by atoms with E-state index in [9.17, 15) is 32.7 Å². The van der Waals surface area contributed by atoms with Gasteiger partial charge >= 0.3 is 18.2 Å². The van der Waals surface area contributed by atoms with Crippen LogP contribution in [0.3, 0.4) is 0 Å². The first-order valence-electron chi connectivity index (χ1n) is 14.1. The number of carbonyl (C=O) groups excluding carboxylic acids is 3. The Morgan fingerprint density at radius 1 is 1.13 bits per heavy atom. The Morgan fingerprint density at radius 3 is 2.42 bits per heavy atom. The molecule has 2 heterocycles. The molecule has 242 valence electrons. The topological polar surface area (TPSA) is 149 Å². The van der Waals surface area contributed by atoms with Crippen molar-refractivity contribution >= 4 is 35.0 Å². The maximum absolute atomic E-state index is 13.7. The zero-order chi connectivity index (χ0) is 33.1. The van der Waals surface area contributed by atoms with Gasteiger partial charge in [-0.1, -0.05) is 18.1 Å². The molecule has 1 aromatic heterocycles. The van der Waals surface area contributed by atoms with E-state index in [0.29, 0.717) is 17.1 Å². The summed E-state index contributed by atoms with van der Waals surface area (Å²) in [6.45, 7) is 6.87. The van der Waals surface area contributed by atoms with E-state index in [4.69, 9.17) is 9.26 Å². The van der Waals surface area contributed by atoms with Crippen molar-refractivity contribution in [2.24, 2.45) is 5.92 Å². The van der Waals surface area contributed by atoms with Crippen molar-refractivity contribution in [1.82, 2.24) is 15.0 Å². The van der Waals surface area contributed by atoms with Gasteiger partial charge in [0.15, 0.2) is 11.5 Å². The molecule has 12 nitrogen and oxygen atoms in total. The van der Waals surface area contributed by atoms with Gasteiger partial charge in [0.2, 0.25) is 0 Å². The zero-order valence-electron chi connectivity index (χ0n) is 25.4. The predicted molar refractivity (Wildman–Crippen MR) is 159 cm³/mol. The summed E-state index contributed by atoms with van der Waals surface area (Å²) >= 11 is 0. The lowest BCUT2D eigenvalue weighted by Crippen LogP contribution is -2.50. The smallest absolute Gasteiger partial charge is 0.416 e. The van der Waals surface area contributed by atoms with Crippen molar-refractivity contribution in [3.05, 3.63) is 65.0 Å². The Kier molecular flexibility index (Phi) is 9.91. The van der Waals surface area contributed by atoms with Crippen LogP contribution in [0.25, 0.3) is 0 Å². The number of hydrogen-bond acceptors (Lipinski definition) is 7. The Balaban J connectivity index is 1.61. The number of halogens is 3. The number of likely N-dealkylation sites (N-methyl/N-ethyl adjacent to an activating group) is 1. The van der Waals surface area contributed by atoms with Gasteiger partial charge in [-0.2, -0.15) is 13.2 Å². The number of para-hydroxylation sites is 1. The van der Waals surface area contributed by atoms with Gasteiger partial charge in [-0.05, 0) is 57.2 Å². The van der Waals surface area contributed by atoms with E-state index in [2.05, 4.69) is 21.1 Å². The average Bonchev–Trinajstić information content (AvgIpc) is 3.30. The highest BCUT2D eigenvalue weighted by Gasteiger charge is 2.35. The van der Waals surface area contributed by atoms with Crippen molar-refractivity contribution in [1.29, 1.82) is 0 Å². The molecule has 0 saturated heterocycles. The number of hydrogen-bond donors (Lipinski definition) is 4. The highest BCUT2D eigenvalue weighted by atomic mass is 19.4. The second kappa shape index (κ2) is 13.5. The number of benzene rings is 2. The fraction of sp³-hybridized carbons (Fsp3) is 0.400. The Hall–Kier alpha value is -4.79. The maximum Gasteiger partial charge on any atom is 0.416 e. The largest absolute Gasteiger partial charge is 0.485 e. The highest BCUT2D eigenvalue weighted by molar-refractivity contribution is 6.04. The molecule has 1 aliphatic heterocycles. The summed E-state index contributed by atoms with van der Waals surface area (Å²) in [5.74, 6) is -0.305. The van der Waals surface area contributed by atoms with Gasteiger partial charge in [0.05, 0.1) is 36.0 Å². The molecular weight excluding hydrogens is 597 g/mol. The molecular formula is C30H35F3N6O6. The summed E-state index contributed by atoms with van der Waals surface area (Å²) in [4.78, 5) is 42.6. The van der Waals surface area contributed by atoms with E-state index in [1.165, 1.54) is 21.9 Å². The third-order valence-corrected chi connectivity index (χ3v) is 7.48. The lowest BCUT2D eigenvalue weighted by atomic mass is 9.99. The van der Waals surface area contributed by atoms with Crippen LogP contribution in [-0.4, -0.2) is 76.9 Å². The molecule has 3 atom stereocenters. The minimum Gasteiger partial charge on any atom is -0.485 e. The van der Waals surface area contributed by atoms with E-state index in [0.717, 1.165) is 24.3 Å². The van der Waals surface area contributed by atoms with Crippen molar-refractivity contribution < 1.29 is 41.9 Å². The van der Waals surface area contributed by atoms with Crippen LogP contribution in [0.2, 0.25) is 0 Å². The standard InChI is InChI=1S/C30H35F3N6O6/c1-16-13-39(17(2)15-40)27(41)22-7-6-8-23(35-28(42)34-21-11-9-20(10-12-21)30(31,32)33)26(22)44-24(16)14-38(5)29(43)36-25-18(3)37-45-19(25)4/h6-12,16-17,24,40H,13-15H2,1-5H3,(H,36,43)(H2,34,35,42)/t16-,17+,24-/m1/s1. The Morgan fingerprint density at radius 2 is 1.82 bits per heavy atom. The molecule has 0 aliphatic carbocycles. The molecule has 1 aliphatic rings. The monoisotopic (exact) mass is 632 g/mol. The zero-order valence-corrected chi connectivity index (χ0v) is 25.4. The average molecular weight is 633 g/mol. The fourth-order valence-electron chi connectivity index (χ4n) is 4.80. The van der Waals surface area contributed by atoms with Gasteiger partial charge in [0, 0.05) is 25.2 Å². The number of rotatable bonds is 7. The molecule has 4 N–H and O–H groups in total. The van der Waals surface area contributed by atoms with Crippen LogP contribution in [0.15, 0.2) is 47.0 Å². The third kappa shape index (κ3) is 7.66. The van der Waals surface area contributed by atoms with Crippen LogP contribution in [0.1, 0.15) is 41.2 Å². The molecule has 3 aromatic rings. The second-order valence-electron chi connectivity index (χ2n) is 11.0.